The molecule has 21 heavy (non-hydrogen) atoms. The number of halogens is 4. The molecule has 0 spiro atoms. The summed E-state index contributed by atoms with van der Waals surface area (Å²) in [4.78, 5) is 11.5. The van der Waals surface area contributed by atoms with E-state index in [2.05, 4.69) is 20.3 Å². The Hall–Kier alpha value is -1.73. The predicted octanol–water partition coefficient (Wildman–Crippen LogP) is 3.99. The van der Waals surface area contributed by atoms with Crippen molar-refractivity contribution in [1.82, 2.24) is 15.0 Å². The molecular weight excluding hydrogens is 325 g/mol. The monoisotopic (exact) mass is 334 g/mol. The van der Waals surface area contributed by atoms with Gasteiger partial charge in [-0.1, -0.05) is 18.5 Å². The van der Waals surface area contributed by atoms with E-state index in [1.165, 1.54) is 0 Å². The average Bonchev–Trinajstić information content (AvgIpc) is 2.40. The summed E-state index contributed by atoms with van der Waals surface area (Å²) in [5.74, 6) is -1.73. The van der Waals surface area contributed by atoms with Gasteiger partial charge in [-0.15, -0.1) is 0 Å². The van der Waals surface area contributed by atoms with Gasteiger partial charge in [-0.05, 0) is 24.1 Å². The lowest BCUT2D eigenvalue weighted by molar-refractivity contribution is 0.292. The van der Waals surface area contributed by atoms with Gasteiger partial charge in [0.25, 0.3) is 0 Å². The van der Waals surface area contributed by atoms with E-state index in [-0.39, 0.29) is 28.0 Å². The van der Waals surface area contributed by atoms with Crippen LogP contribution in [0.15, 0.2) is 12.1 Å². The summed E-state index contributed by atoms with van der Waals surface area (Å²) in [6.45, 7) is 2.31. The molecule has 9 heteroatoms. The van der Waals surface area contributed by atoms with Gasteiger partial charge in [0.15, 0.2) is 5.82 Å². The molecule has 0 aliphatic carbocycles. The van der Waals surface area contributed by atoms with Crippen LogP contribution < -0.4 is 10.1 Å². The van der Waals surface area contributed by atoms with Gasteiger partial charge in [0, 0.05) is 6.07 Å². The van der Waals surface area contributed by atoms with Crippen molar-refractivity contribution in [1.29, 1.82) is 0 Å². The maximum Gasteiger partial charge on any atom is 0.322 e. The first-order chi connectivity index (χ1) is 9.99. The molecule has 0 amide bonds. The summed E-state index contributed by atoms with van der Waals surface area (Å²) < 4.78 is 31.9. The number of hydrogen-bond acceptors (Lipinski definition) is 5. The Kier molecular flexibility index (Phi) is 5.08. The summed E-state index contributed by atoms with van der Waals surface area (Å²) in [7, 11) is 0. The fraction of sp³-hybridized carbons (Fsp3) is 0.250. The van der Waals surface area contributed by atoms with E-state index in [1.807, 2.05) is 6.92 Å². The molecule has 0 unspecified atom stereocenters. The zero-order valence-electron chi connectivity index (χ0n) is 10.8. The second-order valence-electron chi connectivity index (χ2n) is 3.93. The maximum absolute atomic E-state index is 13.7. The molecule has 0 fully saturated rings. The third-order valence-corrected chi connectivity index (χ3v) is 2.73. The molecule has 1 aromatic heterocycles. The van der Waals surface area contributed by atoms with Crippen LogP contribution in [0.5, 0.6) is 6.01 Å². The molecule has 0 saturated carbocycles. The number of nitrogens with zero attached hydrogens (tertiary/aromatic N) is 3. The van der Waals surface area contributed by atoms with Crippen molar-refractivity contribution in [2.45, 2.75) is 13.3 Å². The van der Waals surface area contributed by atoms with Crippen LogP contribution in [0.3, 0.4) is 0 Å². The van der Waals surface area contributed by atoms with Gasteiger partial charge in [-0.25, -0.2) is 8.78 Å². The van der Waals surface area contributed by atoms with Crippen LogP contribution in [0.2, 0.25) is 10.3 Å². The van der Waals surface area contributed by atoms with Crippen LogP contribution in [-0.4, -0.2) is 21.6 Å². The van der Waals surface area contributed by atoms with Crippen molar-refractivity contribution in [2.24, 2.45) is 0 Å². The first-order valence-electron chi connectivity index (χ1n) is 5.95. The molecule has 112 valence electrons. The van der Waals surface area contributed by atoms with Crippen LogP contribution >= 0.6 is 23.2 Å². The first-order valence-corrected chi connectivity index (χ1v) is 6.71. The quantitative estimate of drug-likeness (QED) is 0.895. The van der Waals surface area contributed by atoms with E-state index in [9.17, 15) is 8.78 Å². The van der Waals surface area contributed by atoms with Gasteiger partial charge < -0.3 is 10.1 Å². The molecule has 2 aromatic rings. The first kappa shape index (κ1) is 15.7. The Morgan fingerprint density at radius 3 is 2.62 bits per heavy atom. The molecule has 5 nitrogen and oxygen atoms in total. The highest BCUT2D eigenvalue weighted by Gasteiger charge is 2.13. The zero-order chi connectivity index (χ0) is 15.4. The van der Waals surface area contributed by atoms with Crippen molar-refractivity contribution >= 4 is 34.8 Å². The van der Waals surface area contributed by atoms with E-state index in [0.29, 0.717) is 12.7 Å². The third kappa shape index (κ3) is 4.12. The van der Waals surface area contributed by atoms with Crippen molar-refractivity contribution in [3.8, 4) is 6.01 Å². The zero-order valence-corrected chi connectivity index (χ0v) is 12.3. The van der Waals surface area contributed by atoms with Gasteiger partial charge in [-0.3, -0.25) is 0 Å². The molecule has 1 heterocycles. The molecule has 0 aliphatic rings. The minimum atomic E-state index is -0.882. The summed E-state index contributed by atoms with van der Waals surface area (Å²) in [5, 5.41) is 2.24. The Morgan fingerprint density at radius 1 is 1.19 bits per heavy atom. The lowest BCUT2D eigenvalue weighted by Crippen LogP contribution is -2.06. The largest absolute Gasteiger partial charge is 0.463 e. The normalized spacial score (nSPS) is 10.5. The SMILES string of the molecule is CCCOc1nc(Cl)nc(Nc2c(F)cc(F)cc2Cl)n1. The summed E-state index contributed by atoms with van der Waals surface area (Å²) in [6, 6.07) is 1.65. The summed E-state index contributed by atoms with van der Waals surface area (Å²) in [5.41, 5.74) is -0.165. The third-order valence-electron chi connectivity index (χ3n) is 2.27. The average molecular weight is 335 g/mol. The predicted molar refractivity (Wildman–Crippen MR) is 75.3 cm³/mol. The summed E-state index contributed by atoms with van der Waals surface area (Å²) in [6.07, 6.45) is 0.754. The van der Waals surface area contributed by atoms with Crippen LogP contribution in [0.1, 0.15) is 13.3 Å². The lowest BCUT2D eigenvalue weighted by Gasteiger charge is -2.09. The number of hydrogen-bond donors (Lipinski definition) is 1. The van der Waals surface area contributed by atoms with Crippen molar-refractivity contribution in [2.75, 3.05) is 11.9 Å². The maximum atomic E-state index is 13.7. The smallest absolute Gasteiger partial charge is 0.322 e. The standard InChI is InChI=1S/C12H10Cl2F2N4O/c1-2-3-21-12-19-10(14)18-11(20-12)17-9-7(13)4-6(15)5-8(9)16/h4-5H,2-3H2,1H3,(H,17,18,19,20). The van der Waals surface area contributed by atoms with E-state index >= 15 is 0 Å². The van der Waals surface area contributed by atoms with E-state index < -0.39 is 11.6 Å². The highest BCUT2D eigenvalue weighted by atomic mass is 35.5. The Bertz CT molecular complexity index is 634. The summed E-state index contributed by atoms with van der Waals surface area (Å²) >= 11 is 11.5. The topological polar surface area (TPSA) is 59.9 Å². The minimum Gasteiger partial charge on any atom is -0.463 e. The molecule has 1 aromatic carbocycles. The number of nitrogens with one attached hydrogen (secondary N) is 1. The van der Waals surface area contributed by atoms with Crippen LogP contribution in [0.25, 0.3) is 0 Å². The van der Waals surface area contributed by atoms with Crippen molar-refractivity contribution in [3.05, 3.63) is 34.1 Å². The second-order valence-corrected chi connectivity index (χ2v) is 4.67. The Balaban J connectivity index is 2.29. The number of ether oxygens (including phenoxy) is 1. The molecule has 0 radical (unpaired) electrons. The molecular formula is C12H10Cl2F2N4O. The second kappa shape index (κ2) is 6.82. The van der Waals surface area contributed by atoms with E-state index in [0.717, 1.165) is 12.5 Å². The molecule has 0 saturated heterocycles. The number of aromatic nitrogens is 3. The Morgan fingerprint density at radius 2 is 1.95 bits per heavy atom. The van der Waals surface area contributed by atoms with Gasteiger partial charge in [0.2, 0.25) is 11.2 Å². The lowest BCUT2D eigenvalue weighted by atomic mass is 10.3. The highest BCUT2D eigenvalue weighted by Crippen LogP contribution is 2.28. The highest BCUT2D eigenvalue weighted by molar-refractivity contribution is 6.33. The molecule has 0 atom stereocenters. The van der Waals surface area contributed by atoms with Crippen LogP contribution in [0, 0.1) is 11.6 Å². The molecule has 2 rings (SSSR count). The van der Waals surface area contributed by atoms with Gasteiger partial charge in [0.05, 0.1) is 17.3 Å². The van der Waals surface area contributed by atoms with E-state index in [1.54, 1.807) is 0 Å². The fourth-order valence-corrected chi connectivity index (χ4v) is 1.81. The van der Waals surface area contributed by atoms with Crippen LogP contribution in [-0.2, 0) is 0 Å². The molecule has 1 N–H and O–H groups in total. The van der Waals surface area contributed by atoms with Gasteiger partial charge in [0.1, 0.15) is 5.82 Å². The van der Waals surface area contributed by atoms with Gasteiger partial charge in [-0.2, -0.15) is 15.0 Å². The number of anilines is 2. The number of rotatable bonds is 5. The fourth-order valence-electron chi connectivity index (χ4n) is 1.42. The van der Waals surface area contributed by atoms with E-state index in [4.69, 9.17) is 27.9 Å². The van der Waals surface area contributed by atoms with Gasteiger partial charge >= 0.3 is 6.01 Å². The van der Waals surface area contributed by atoms with Crippen molar-refractivity contribution in [3.63, 3.8) is 0 Å². The molecule has 0 aliphatic heterocycles. The van der Waals surface area contributed by atoms with Crippen molar-refractivity contribution < 1.29 is 13.5 Å². The minimum absolute atomic E-state index is 0.00186. The number of benzene rings is 1. The molecule has 0 bridgehead atoms. The van der Waals surface area contributed by atoms with Crippen LogP contribution in [0.4, 0.5) is 20.4 Å². The Labute approximate surface area is 129 Å².